The number of anilines is 2. The first-order valence-corrected chi connectivity index (χ1v) is 7.22. The Bertz CT molecular complexity index is 645. The topological polar surface area (TPSA) is 116 Å². The summed E-state index contributed by atoms with van der Waals surface area (Å²) in [5.74, 6) is -0.601. The zero-order valence-electron chi connectivity index (χ0n) is 12.5. The van der Waals surface area contributed by atoms with Gasteiger partial charge in [-0.25, -0.2) is 9.78 Å². The summed E-state index contributed by atoms with van der Waals surface area (Å²) < 4.78 is 38.8. The summed E-state index contributed by atoms with van der Waals surface area (Å²) in [6, 6.07) is -0.501. The first kappa shape index (κ1) is 18.3. The summed E-state index contributed by atoms with van der Waals surface area (Å²) in [5, 5.41) is 18.0. The summed E-state index contributed by atoms with van der Waals surface area (Å²) in [7, 11) is 0. The van der Waals surface area contributed by atoms with Crippen LogP contribution in [0.15, 0.2) is 0 Å². The highest BCUT2D eigenvalue weighted by molar-refractivity contribution is 6.30. The highest BCUT2D eigenvalue weighted by Crippen LogP contribution is 2.40. The van der Waals surface area contributed by atoms with Gasteiger partial charge in [-0.05, 0) is 6.92 Å². The van der Waals surface area contributed by atoms with Gasteiger partial charge in [0.15, 0.2) is 6.10 Å². The van der Waals surface area contributed by atoms with Gasteiger partial charge in [0.25, 0.3) is 0 Å². The van der Waals surface area contributed by atoms with E-state index in [1.165, 1.54) is 4.90 Å². The van der Waals surface area contributed by atoms with E-state index in [1.54, 1.807) is 6.92 Å². The molecule has 1 aliphatic heterocycles. The number of aromatic nitrogens is 2. The number of piperazine rings is 1. The number of carboxylic acid groups (broad SMARTS) is 1. The zero-order chi connectivity index (χ0) is 18.2. The minimum absolute atomic E-state index is 0.0540. The van der Waals surface area contributed by atoms with Crippen LogP contribution < -0.4 is 10.6 Å². The van der Waals surface area contributed by atoms with E-state index in [4.69, 9.17) is 22.4 Å². The maximum absolute atomic E-state index is 12.9. The Hall–Kier alpha value is -2.01. The van der Waals surface area contributed by atoms with Crippen LogP contribution >= 0.6 is 11.6 Å². The molecule has 1 amide bonds. The first-order chi connectivity index (χ1) is 11.0. The number of nitrogens with zero attached hydrogens (tertiary/aromatic N) is 4. The molecule has 1 unspecified atom stereocenters. The molecule has 24 heavy (non-hydrogen) atoms. The predicted octanol–water partition coefficient (Wildman–Crippen LogP) is 1.50. The Kier molecular flexibility index (Phi) is 4.95. The van der Waals surface area contributed by atoms with Crippen LogP contribution in [0.1, 0.15) is 18.6 Å². The van der Waals surface area contributed by atoms with Gasteiger partial charge in [0.2, 0.25) is 5.95 Å². The fourth-order valence-electron chi connectivity index (χ4n) is 2.51. The second-order valence-corrected chi connectivity index (χ2v) is 5.68. The van der Waals surface area contributed by atoms with Crippen LogP contribution in [0.25, 0.3) is 0 Å². The first-order valence-electron chi connectivity index (χ1n) is 6.84. The number of carbonyl (C=O) groups is 1. The number of nitrogens with two attached hydrogens (primary N) is 1. The number of alkyl halides is 3. The summed E-state index contributed by atoms with van der Waals surface area (Å²) >= 11 is 5.76. The second kappa shape index (κ2) is 6.48. The monoisotopic (exact) mass is 369 g/mol. The Morgan fingerprint density at radius 3 is 2.54 bits per heavy atom. The Morgan fingerprint density at radius 1 is 1.42 bits per heavy atom. The number of hydrogen-bond acceptors (Lipinski definition) is 6. The maximum atomic E-state index is 12.9. The molecule has 1 saturated heterocycles. The van der Waals surface area contributed by atoms with Gasteiger partial charge < -0.3 is 25.7 Å². The molecule has 2 heterocycles. The molecule has 8 nitrogen and oxygen atoms in total. The number of amides is 1. The van der Waals surface area contributed by atoms with Crippen molar-refractivity contribution >= 4 is 29.5 Å². The summed E-state index contributed by atoms with van der Waals surface area (Å²) in [6.45, 7) is 1.80. The minimum atomic E-state index is -4.97. The largest absolute Gasteiger partial charge is 0.465 e. The van der Waals surface area contributed by atoms with Gasteiger partial charge in [0.1, 0.15) is 11.0 Å². The molecule has 2 rings (SSSR count). The molecule has 0 aliphatic carbocycles. The van der Waals surface area contributed by atoms with E-state index >= 15 is 0 Å². The van der Waals surface area contributed by atoms with Gasteiger partial charge in [-0.2, -0.15) is 18.2 Å². The number of hydrogen-bond donors (Lipinski definition) is 3. The minimum Gasteiger partial charge on any atom is -0.465 e. The van der Waals surface area contributed by atoms with Gasteiger partial charge in [0, 0.05) is 25.7 Å². The molecule has 1 aliphatic rings. The van der Waals surface area contributed by atoms with Crippen LogP contribution in [-0.2, 0) is 0 Å². The highest BCUT2D eigenvalue weighted by Gasteiger charge is 2.44. The normalized spacial score (nSPS) is 20.2. The lowest BCUT2D eigenvalue weighted by Crippen LogP contribution is -2.54. The Balaban J connectivity index is 2.45. The molecule has 0 saturated carbocycles. The van der Waals surface area contributed by atoms with Crippen molar-refractivity contribution in [2.75, 3.05) is 30.3 Å². The quantitative estimate of drug-likeness (QED) is 0.676. The molecule has 2 atom stereocenters. The molecule has 134 valence electrons. The van der Waals surface area contributed by atoms with Crippen molar-refractivity contribution in [3.05, 3.63) is 10.7 Å². The van der Waals surface area contributed by atoms with E-state index in [0.717, 1.165) is 4.90 Å². The summed E-state index contributed by atoms with van der Waals surface area (Å²) in [6.07, 6.45) is -8.98. The summed E-state index contributed by atoms with van der Waals surface area (Å²) in [4.78, 5) is 20.8. The molecule has 1 fully saturated rings. The zero-order valence-corrected chi connectivity index (χ0v) is 13.2. The van der Waals surface area contributed by atoms with Gasteiger partial charge in [-0.1, -0.05) is 11.6 Å². The number of rotatable bonds is 2. The van der Waals surface area contributed by atoms with Crippen molar-refractivity contribution in [1.29, 1.82) is 0 Å². The third-order valence-corrected chi connectivity index (χ3v) is 3.94. The van der Waals surface area contributed by atoms with Crippen LogP contribution in [0.3, 0.4) is 0 Å². The highest BCUT2D eigenvalue weighted by atomic mass is 35.5. The van der Waals surface area contributed by atoms with E-state index in [1.807, 2.05) is 0 Å². The van der Waals surface area contributed by atoms with Gasteiger partial charge in [-0.3, -0.25) is 0 Å². The fourth-order valence-corrected chi connectivity index (χ4v) is 2.78. The third-order valence-electron chi connectivity index (χ3n) is 3.65. The van der Waals surface area contributed by atoms with Crippen molar-refractivity contribution in [3.8, 4) is 0 Å². The van der Waals surface area contributed by atoms with E-state index in [2.05, 4.69) is 9.97 Å². The lowest BCUT2D eigenvalue weighted by Gasteiger charge is -2.40. The molecule has 1 aromatic rings. The van der Waals surface area contributed by atoms with Crippen LogP contribution in [0.2, 0.25) is 5.15 Å². The Morgan fingerprint density at radius 2 is 2.04 bits per heavy atom. The average molecular weight is 370 g/mol. The molecule has 12 heteroatoms. The predicted molar refractivity (Wildman–Crippen MR) is 78.9 cm³/mol. The van der Waals surface area contributed by atoms with Crippen molar-refractivity contribution in [1.82, 2.24) is 14.9 Å². The smallest absolute Gasteiger partial charge is 0.418 e. The van der Waals surface area contributed by atoms with E-state index in [9.17, 15) is 23.1 Å². The van der Waals surface area contributed by atoms with Crippen LogP contribution in [0, 0.1) is 0 Å². The van der Waals surface area contributed by atoms with Crippen LogP contribution in [0.5, 0.6) is 0 Å². The molecule has 1 aromatic heterocycles. The number of halogens is 4. The molecule has 4 N–H and O–H groups in total. The molecular weight excluding hydrogens is 355 g/mol. The van der Waals surface area contributed by atoms with Crippen molar-refractivity contribution in [3.63, 3.8) is 0 Å². The van der Waals surface area contributed by atoms with E-state index in [-0.39, 0.29) is 31.4 Å². The molecule has 0 spiro atoms. The SMILES string of the molecule is C[C@H]1CN(C(=O)O)CCN1c1nc(N)nc(Cl)c1C(O)C(F)(F)F. The van der Waals surface area contributed by atoms with Gasteiger partial charge >= 0.3 is 12.3 Å². The summed E-state index contributed by atoms with van der Waals surface area (Å²) in [5.41, 5.74) is 4.76. The van der Waals surface area contributed by atoms with Crippen LogP contribution in [-0.4, -0.2) is 63.0 Å². The number of aliphatic hydroxyl groups excluding tert-OH is 1. The van der Waals surface area contributed by atoms with Gasteiger partial charge in [0.05, 0.1) is 5.56 Å². The molecular formula is C12H15ClF3N5O3. The third kappa shape index (κ3) is 3.56. The van der Waals surface area contributed by atoms with Gasteiger partial charge in [-0.15, -0.1) is 0 Å². The van der Waals surface area contributed by atoms with E-state index < -0.39 is 35.1 Å². The average Bonchev–Trinajstić information content (AvgIpc) is 2.44. The molecule has 0 bridgehead atoms. The second-order valence-electron chi connectivity index (χ2n) is 5.33. The maximum Gasteiger partial charge on any atom is 0.418 e. The van der Waals surface area contributed by atoms with Crippen molar-refractivity contribution in [2.24, 2.45) is 0 Å². The standard InChI is InChI=1S/C12H15ClF3N5O3/c1-5-4-20(11(23)24)2-3-21(5)9-6(7(22)12(14,15)16)8(13)18-10(17)19-9/h5,7,22H,2-4H2,1H3,(H,23,24)(H2,17,18,19)/t5-,7?/m0/s1. The lowest BCUT2D eigenvalue weighted by molar-refractivity contribution is -0.206. The van der Waals surface area contributed by atoms with Crippen molar-refractivity contribution in [2.45, 2.75) is 25.2 Å². The van der Waals surface area contributed by atoms with Crippen LogP contribution in [0.4, 0.5) is 29.7 Å². The fraction of sp³-hybridized carbons (Fsp3) is 0.583. The number of aliphatic hydroxyl groups is 1. The van der Waals surface area contributed by atoms with Crippen molar-refractivity contribution < 1.29 is 28.2 Å². The number of nitrogen functional groups attached to an aromatic ring is 1. The lowest BCUT2D eigenvalue weighted by atomic mass is 10.1. The molecule has 0 radical (unpaired) electrons. The van der Waals surface area contributed by atoms with E-state index in [0.29, 0.717) is 0 Å². The Labute approximate surface area is 139 Å². The molecule has 0 aromatic carbocycles.